The summed E-state index contributed by atoms with van der Waals surface area (Å²) in [7, 11) is 1.59. The summed E-state index contributed by atoms with van der Waals surface area (Å²) in [5.74, 6) is 0.217. The number of ether oxygens (including phenoxy) is 1. The molecular formula is C27H28Cl2N2O3. The molecule has 34 heavy (non-hydrogen) atoms. The van der Waals surface area contributed by atoms with Gasteiger partial charge in [0.05, 0.1) is 13.5 Å². The minimum absolute atomic E-state index is 0.0207. The highest BCUT2D eigenvalue weighted by atomic mass is 35.5. The van der Waals surface area contributed by atoms with Gasteiger partial charge in [-0.15, -0.1) is 0 Å². The van der Waals surface area contributed by atoms with Crippen LogP contribution in [0.3, 0.4) is 0 Å². The highest BCUT2D eigenvalue weighted by Crippen LogP contribution is 2.26. The van der Waals surface area contributed by atoms with Crippen molar-refractivity contribution in [2.75, 3.05) is 13.7 Å². The Kier molecular flexibility index (Phi) is 9.37. The van der Waals surface area contributed by atoms with E-state index >= 15 is 0 Å². The molecule has 0 aliphatic carbocycles. The fourth-order valence-electron chi connectivity index (χ4n) is 3.77. The van der Waals surface area contributed by atoms with Crippen molar-refractivity contribution in [2.45, 2.75) is 32.4 Å². The summed E-state index contributed by atoms with van der Waals surface area (Å²) in [4.78, 5) is 28.5. The molecule has 0 saturated heterocycles. The third kappa shape index (κ3) is 6.75. The van der Waals surface area contributed by atoms with Gasteiger partial charge in [0, 0.05) is 29.6 Å². The first-order valence-electron chi connectivity index (χ1n) is 11.1. The first kappa shape index (κ1) is 25.6. The first-order chi connectivity index (χ1) is 16.4. The van der Waals surface area contributed by atoms with Gasteiger partial charge in [-0.2, -0.15) is 0 Å². The van der Waals surface area contributed by atoms with Gasteiger partial charge in [0.1, 0.15) is 11.8 Å². The van der Waals surface area contributed by atoms with Gasteiger partial charge in [0.15, 0.2) is 0 Å². The highest BCUT2D eigenvalue weighted by Gasteiger charge is 2.30. The molecule has 5 nitrogen and oxygen atoms in total. The van der Waals surface area contributed by atoms with E-state index in [-0.39, 0.29) is 24.8 Å². The molecule has 3 rings (SSSR count). The summed E-state index contributed by atoms with van der Waals surface area (Å²) < 4.78 is 5.35. The fourth-order valence-corrected chi connectivity index (χ4v) is 4.30. The van der Waals surface area contributed by atoms with Crippen molar-refractivity contribution in [3.05, 3.63) is 99.5 Å². The maximum Gasteiger partial charge on any atom is 0.243 e. The predicted octanol–water partition coefficient (Wildman–Crippen LogP) is 5.32. The molecule has 0 aromatic heterocycles. The zero-order valence-corrected chi connectivity index (χ0v) is 20.8. The summed E-state index contributed by atoms with van der Waals surface area (Å²) in [5.41, 5.74) is 2.35. The van der Waals surface area contributed by atoms with E-state index in [1.807, 2.05) is 61.5 Å². The molecule has 2 amide bonds. The van der Waals surface area contributed by atoms with Crippen molar-refractivity contribution < 1.29 is 14.3 Å². The number of carbonyl (C=O) groups excluding carboxylic acids is 2. The number of rotatable bonds is 10. The van der Waals surface area contributed by atoms with E-state index in [1.165, 1.54) is 0 Å². The number of hydrogen-bond donors (Lipinski definition) is 1. The molecule has 3 aromatic rings. The third-order valence-corrected chi connectivity index (χ3v) is 6.21. The standard InChI is InChI=1S/C27H28Cl2N2O3/c1-3-30-27(33)25(16-19-9-5-4-6-10-19)31(18-20-11-7-12-21(15-20)34-2)26(32)17-22-23(28)13-8-14-24(22)29/h4-15,25H,3,16-18H2,1-2H3,(H,30,33)/t25-/m0/s1. The van der Waals surface area contributed by atoms with Crippen LogP contribution in [0.1, 0.15) is 23.6 Å². The Morgan fingerprint density at radius 3 is 2.24 bits per heavy atom. The van der Waals surface area contributed by atoms with E-state index in [1.54, 1.807) is 30.2 Å². The summed E-state index contributed by atoms with van der Waals surface area (Å²) in [5, 5.41) is 3.72. The third-order valence-electron chi connectivity index (χ3n) is 5.50. The molecule has 1 atom stereocenters. The molecule has 0 radical (unpaired) electrons. The van der Waals surface area contributed by atoms with E-state index in [4.69, 9.17) is 27.9 Å². The summed E-state index contributed by atoms with van der Waals surface area (Å²) in [6, 6.07) is 21.5. The minimum atomic E-state index is -0.720. The van der Waals surface area contributed by atoms with Crippen LogP contribution in [0.15, 0.2) is 72.8 Å². The number of halogens is 2. The minimum Gasteiger partial charge on any atom is -0.497 e. The van der Waals surface area contributed by atoms with E-state index in [0.29, 0.717) is 34.3 Å². The normalized spacial score (nSPS) is 11.5. The van der Waals surface area contributed by atoms with Crippen molar-refractivity contribution in [2.24, 2.45) is 0 Å². The van der Waals surface area contributed by atoms with Gasteiger partial charge in [-0.25, -0.2) is 0 Å². The largest absolute Gasteiger partial charge is 0.497 e. The summed E-state index contributed by atoms with van der Waals surface area (Å²) in [6.07, 6.45) is 0.353. The molecule has 0 saturated carbocycles. The molecule has 0 spiro atoms. The first-order valence-corrected chi connectivity index (χ1v) is 11.9. The average Bonchev–Trinajstić information content (AvgIpc) is 2.84. The zero-order chi connectivity index (χ0) is 24.5. The zero-order valence-electron chi connectivity index (χ0n) is 19.3. The Morgan fingerprint density at radius 1 is 0.941 bits per heavy atom. The van der Waals surface area contributed by atoms with Crippen LogP contribution in [-0.4, -0.2) is 36.4 Å². The van der Waals surface area contributed by atoms with Crippen molar-refractivity contribution in [1.29, 1.82) is 0 Å². The second kappa shape index (κ2) is 12.4. The number of nitrogens with one attached hydrogen (secondary N) is 1. The quantitative estimate of drug-likeness (QED) is 0.411. The van der Waals surface area contributed by atoms with Gasteiger partial charge < -0.3 is 15.0 Å². The maximum absolute atomic E-state index is 13.7. The van der Waals surface area contributed by atoms with E-state index < -0.39 is 6.04 Å². The van der Waals surface area contributed by atoms with Crippen LogP contribution in [0, 0.1) is 0 Å². The van der Waals surface area contributed by atoms with Gasteiger partial charge in [0.25, 0.3) is 0 Å². The van der Waals surface area contributed by atoms with Crippen LogP contribution in [0.5, 0.6) is 5.75 Å². The lowest BCUT2D eigenvalue weighted by Gasteiger charge is -2.32. The van der Waals surface area contributed by atoms with Gasteiger partial charge in [-0.05, 0) is 47.9 Å². The van der Waals surface area contributed by atoms with Crippen LogP contribution >= 0.6 is 23.2 Å². The van der Waals surface area contributed by atoms with Crippen LogP contribution in [0.2, 0.25) is 10.0 Å². The van der Waals surface area contributed by atoms with Crippen molar-refractivity contribution >= 4 is 35.0 Å². The molecule has 0 fully saturated rings. The Morgan fingerprint density at radius 2 is 1.59 bits per heavy atom. The molecule has 178 valence electrons. The number of benzene rings is 3. The van der Waals surface area contributed by atoms with E-state index in [9.17, 15) is 9.59 Å². The number of likely N-dealkylation sites (N-methyl/N-ethyl adjacent to an activating group) is 1. The Balaban J connectivity index is 2.00. The van der Waals surface area contributed by atoms with Crippen LogP contribution < -0.4 is 10.1 Å². The topological polar surface area (TPSA) is 58.6 Å². The van der Waals surface area contributed by atoms with Crippen LogP contribution in [0.4, 0.5) is 0 Å². The van der Waals surface area contributed by atoms with Crippen molar-refractivity contribution in [3.8, 4) is 5.75 Å². The number of methoxy groups -OCH3 is 1. The Labute approximate surface area is 210 Å². The Hall–Kier alpha value is -3.02. The smallest absolute Gasteiger partial charge is 0.243 e. The molecule has 3 aromatic carbocycles. The van der Waals surface area contributed by atoms with Crippen molar-refractivity contribution in [1.82, 2.24) is 10.2 Å². The molecule has 7 heteroatoms. The SMILES string of the molecule is CCNC(=O)[C@H](Cc1ccccc1)N(Cc1cccc(OC)c1)C(=O)Cc1c(Cl)cccc1Cl. The Bertz CT molecular complexity index is 1100. The van der Waals surface area contributed by atoms with Gasteiger partial charge in [-0.3, -0.25) is 9.59 Å². The fraction of sp³-hybridized carbons (Fsp3) is 0.259. The van der Waals surface area contributed by atoms with E-state index in [0.717, 1.165) is 11.1 Å². The molecule has 0 heterocycles. The lowest BCUT2D eigenvalue weighted by atomic mass is 10.0. The van der Waals surface area contributed by atoms with Gasteiger partial charge in [-0.1, -0.05) is 71.7 Å². The number of amides is 2. The van der Waals surface area contributed by atoms with E-state index in [2.05, 4.69) is 5.32 Å². The van der Waals surface area contributed by atoms with Crippen molar-refractivity contribution in [3.63, 3.8) is 0 Å². The number of nitrogens with zero attached hydrogens (tertiary/aromatic N) is 1. The summed E-state index contributed by atoms with van der Waals surface area (Å²) >= 11 is 12.7. The highest BCUT2D eigenvalue weighted by molar-refractivity contribution is 6.36. The van der Waals surface area contributed by atoms with Gasteiger partial charge in [0.2, 0.25) is 11.8 Å². The molecule has 0 unspecified atom stereocenters. The number of hydrogen-bond acceptors (Lipinski definition) is 3. The monoisotopic (exact) mass is 498 g/mol. The second-order valence-corrected chi connectivity index (χ2v) is 8.66. The lowest BCUT2D eigenvalue weighted by Crippen LogP contribution is -2.51. The molecular weight excluding hydrogens is 471 g/mol. The average molecular weight is 499 g/mol. The second-order valence-electron chi connectivity index (χ2n) is 7.85. The lowest BCUT2D eigenvalue weighted by molar-refractivity contribution is -0.140. The molecule has 0 aliphatic heterocycles. The molecule has 0 bridgehead atoms. The maximum atomic E-state index is 13.7. The molecule has 1 N–H and O–H groups in total. The van der Waals surface area contributed by atoms with Gasteiger partial charge >= 0.3 is 0 Å². The van der Waals surface area contributed by atoms with Crippen LogP contribution in [-0.2, 0) is 29.0 Å². The van der Waals surface area contributed by atoms with Crippen LogP contribution in [0.25, 0.3) is 0 Å². The molecule has 0 aliphatic rings. The summed E-state index contributed by atoms with van der Waals surface area (Å²) in [6.45, 7) is 2.55. The predicted molar refractivity (Wildman–Crippen MR) is 136 cm³/mol. The number of carbonyl (C=O) groups is 2.